The Bertz CT molecular complexity index is 419. The molecular formula is C12H14ClNO3. The molecule has 2 atom stereocenters. The highest BCUT2D eigenvalue weighted by atomic mass is 35.5. The average molecular weight is 256 g/mol. The fourth-order valence-corrected chi connectivity index (χ4v) is 2.27. The zero-order chi connectivity index (χ0) is 12.6. The van der Waals surface area contributed by atoms with Gasteiger partial charge in [0.15, 0.2) is 0 Å². The van der Waals surface area contributed by atoms with Gasteiger partial charge < -0.3 is 15.1 Å². The van der Waals surface area contributed by atoms with Gasteiger partial charge >= 0.3 is 0 Å². The Hall–Kier alpha value is -1.10. The Morgan fingerprint density at radius 2 is 1.88 bits per heavy atom. The molecule has 2 N–H and O–H groups in total. The van der Waals surface area contributed by atoms with Crippen LogP contribution in [0.25, 0.3) is 0 Å². The van der Waals surface area contributed by atoms with E-state index in [1.165, 1.54) is 4.90 Å². The number of aryl methyl sites for hydroxylation is 1. The molecule has 1 heterocycles. The second-order valence-corrected chi connectivity index (χ2v) is 4.80. The van der Waals surface area contributed by atoms with Gasteiger partial charge in [0.25, 0.3) is 5.91 Å². The van der Waals surface area contributed by atoms with E-state index in [4.69, 9.17) is 11.6 Å². The molecular weight excluding hydrogens is 242 g/mol. The van der Waals surface area contributed by atoms with Crippen molar-refractivity contribution >= 4 is 17.5 Å². The van der Waals surface area contributed by atoms with Crippen LogP contribution in [0.3, 0.4) is 0 Å². The Morgan fingerprint density at radius 1 is 1.29 bits per heavy atom. The molecule has 17 heavy (non-hydrogen) atoms. The molecule has 2 unspecified atom stereocenters. The van der Waals surface area contributed by atoms with E-state index in [2.05, 4.69) is 0 Å². The fraction of sp³-hybridized carbons (Fsp3) is 0.417. The number of hydrogen-bond acceptors (Lipinski definition) is 3. The highest BCUT2D eigenvalue weighted by Crippen LogP contribution is 2.19. The van der Waals surface area contributed by atoms with Gasteiger partial charge in [-0.15, -0.1) is 0 Å². The van der Waals surface area contributed by atoms with Gasteiger partial charge in [0.05, 0.1) is 12.2 Å². The van der Waals surface area contributed by atoms with Gasteiger partial charge in [-0.05, 0) is 30.7 Å². The number of β-amino-alcohol motifs (C(OH)–C–C–N with tert-alkyl or cyclic N) is 2. The van der Waals surface area contributed by atoms with E-state index >= 15 is 0 Å². The Kier molecular flexibility index (Phi) is 3.38. The molecule has 0 saturated carbocycles. The van der Waals surface area contributed by atoms with Crippen LogP contribution >= 0.6 is 11.6 Å². The number of likely N-dealkylation sites (tertiary alicyclic amines) is 1. The second kappa shape index (κ2) is 4.64. The van der Waals surface area contributed by atoms with Crippen LogP contribution in [-0.2, 0) is 0 Å². The van der Waals surface area contributed by atoms with Gasteiger partial charge in [0, 0.05) is 23.7 Å². The van der Waals surface area contributed by atoms with Crippen LogP contribution in [0.1, 0.15) is 15.9 Å². The zero-order valence-electron chi connectivity index (χ0n) is 9.43. The van der Waals surface area contributed by atoms with Gasteiger partial charge in [0.1, 0.15) is 0 Å². The topological polar surface area (TPSA) is 60.8 Å². The summed E-state index contributed by atoms with van der Waals surface area (Å²) in [5.41, 5.74) is 1.39. The molecule has 1 fully saturated rings. The van der Waals surface area contributed by atoms with Crippen molar-refractivity contribution in [2.75, 3.05) is 13.1 Å². The van der Waals surface area contributed by atoms with Crippen LogP contribution in [0.5, 0.6) is 0 Å². The highest BCUT2D eigenvalue weighted by Gasteiger charge is 2.32. The summed E-state index contributed by atoms with van der Waals surface area (Å²) in [5, 5.41) is 19.3. The smallest absolute Gasteiger partial charge is 0.254 e. The van der Waals surface area contributed by atoms with Crippen molar-refractivity contribution in [1.82, 2.24) is 4.90 Å². The predicted octanol–water partition coefficient (Wildman–Crippen LogP) is 0.826. The van der Waals surface area contributed by atoms with Crippen molar-refractivity contribution in [3.8, 4) is 0 Å². The van der Waals surface area contributed by atoms with Gasteiger partial charge in [0.2, 0.25) is 0 Å². The van der Waals surface area contributed by atoms with Crippen LogP contribution in [-0.4, -0.2) is 46.3 Å². The lowest BCUT2D eigenvalue weighted by Gasteiger charge is -2.15. The first-order valence-corrected chi connectivity index (χ1v) is 5.78. The first-order valence-electron chi connectivity index (χ1n) is 5.40. The number of nitrogens with zero attached hydrogens (tertiary/aromatic N) is 1. The van der Waals surface area contributed by atoms with Crippen molar-refractivity contribution < 1.29 is 15.0 Å². The fourth-order valence-electron chi connectivity index (χ4n) is 1.98. The maximum absolute atomic E-state index is 12.1. The number of aliphatic hydroxyl groups excluding tert-OH is 2. The summed E-state index contributed by atoms with van der Waals surface area (Å²) in [6.45, 7) is 2.17. The van der Waals surface area contributed by atoms with E-state index < -0.39 is 12.2 Å². The standard InChI is InChI=1S/C12H14ClNO3/c1-7-2-8(4-9(13)3-7)12(17)14-5-10(15)11(16)6-14/h2-4,10-11,15-16H,5-6H2,1H3. The summed E-state index contributed by atoms with van der Waals surface area (Å²) in [6.07, 6.45) is -1.72. The largest absolute Gasteiger partial charge is 0.388 e. The second-order valence-electron chi connectivity index (χ2n) is 4.36. The maximum atomic E-state index is 12.1. The van der Waals surface area contributed by atoms with Crippen molar-refractivity contribution in [3.63, 3.8) is 0 Å². The number of carbonyl (C=O) groups excluding carboxylic acids is 1. The van der Waals surface area contributed by atoms with E-state index in [1.54, 1.807) is 18.2 Å². The molecule has 1 saturated heterocycles. The zero-order valence-corrected chi connectivity index (χ0v) is 10.2. The summed E-state index contributed by atoms with van der Waals surface area (Å²) in [6, 6.07) is 5.10. The SMILES string of the molecule is Cc1cc(Cl)cc(C(=O)N2CC(O)C(O)C2)c1. The molecule has 0 aromatic heterocycles. The number of carbonyl (C=O) groups is 1. The van der Waals surface area contributed by atoms with Crippen LogP contribution in [0.4, 0.5) is 0 Å². The lowest BCUT2D eigenvalue weighted by atomic mass is 10.1. The van der Waals surface area contributed by atoms with Crippen molar-refractivity contribution in [3.05, 3.63) is 34.3 Å². The minimum atomic E-state index is -0.862. The summed E-state index contributed by atoms with van der Waals surface area (Å²) >= 11 is 5.89. The van der Waals surface area contributed by atoms with E-state index in [9.17, 15) is 15.0 Å². The first-order chi connectivity index (χ1) is 7.97. The maximum Gasteiger partial charge on any atom is 0.254 e. The van der Waals surface area contributed by atoms with Crippen molar-refractivity contribution in [1.29, 1.82) is 0 Å². The third-order valence-corrected chi connectivity index (χ3v) is 3.05. The number of hydrogen-bond donors (Lipinski definition) is 2. The predicted molar refractivity (Wildman–Crippen MR) is 64.1 cm³/mol. The highest BCUT2D eigenvalue weighted by molar-refractivity contribution is 6.31. The molecule has 1 aromatic rings. The van der Waals surface area contributed by atoms with Crippen LogP contribution < -0.4 is 0 Å². The molecule has 4 nitrogen and oxygen atoms in total. The average Bonchev–Trinajstić information content (AvgIpc) is 2.57. The quantitative estimate of drug-likeness (QED) is 0.781. The van der Waals surface area contributed by atoms with Crippen LogP contribution in [0.2, 0.25) is 5.02 Å². The molecule has 1 amide bonds. The van der Waals surface area contributed by atoms with Gasteiger partial charge in [-0.3, -0.25) is 4.79 Å². The van der Waals surface area contributed by atoms with Crippen LogP contribution in [0.15, 0.2) is 18.2 Å². The Labute approximate surface area is 104 Å². The Balaban J connectivity index is 2.20. The third-order valence-electron chi connectivity index (χ3n) is 2.84. The molecule has 0 bridgehead atoms. The van der Waals surface area contributed by atoms with Crippen LogP contribution in [0, 0.1) is 6.92 Å². The van der Waals surface area contributed by atoms with Crippen molar-refractivity contribution in [2.45, 2.75) is 19.1 Å². The molecule has 0 spiro atoms. The van der Waals surface area contributed by atoms with Crippen molar-refractivity contribution in [2.24, 2.45) is 0 Å². The number of halogens is 1. The van der Waals surface area contributed by atoms with E-state index in [0.29, 0.717) is 10.6 Å². The van der Waals surface area contributed by atoms with E-state index in [-0.39, 0.29) is 19.0 Å². The number of amides is 1. The van der Waals surface area contributed by atoms with Gasteiger partial charge in [-0.1, -0.05) is 11.6 Å². The molecule has 0 radical (unpaired) electrons. The normalized spacial score (nSPS) is 24.1. The van der Waals surface area contributed by atoms with Gasteiger partial charge in [-0.25, -0.2) is 0 Å². The van der Waals surface area contributed by atoms with E-state index in [1.807, 2.05) is 6.92 Å². The summed E-state index contributed by atoms with van der Waals surface area (Å²) in [7, 11) is 0. The van der Waals surface area contributed by atoms with E-state index in [0.717, 1.165) is 5.56 Å². The lowest BCUT2D eigenvalue weighted by molar-refractivity contribution is 0.0572. The molecule has 92 valence electrons. The minimum absolute atomic E-state index is 0.158. The summed E-state index contributed by atoms with van der Waals surface area (Å²) < 4.78 is 0. The number of benzene rings is 1. The van der Waals surface area contributed by atoms with Gasteiger partial charge in [-0.2, -0.15) is 0 Å². The molecule has 1 aliphatic heterocycles. The minimum Gasteiger partial charge on any atom is -0.388 e. The molecule has 1 aromatic carbocycles. The molecule has 0 aliphatic carbocycles. The monoisotopic (exact) mass is 255 g/mol. The Morgan fingerprint density at radius 3 is 2.41 bits per heavy atom. The number of aliphatic hydroxyl groups is 2. The summed E-state index contributed by atoms with van der Waals surface area (Å²) in [4.78, 5) is 13.5. The number of rotatable bonds is 1. The summed E-state index contributed by atoms with van der Waals surface area (Å²) in [5.74, 6) is -0.216. The molecule has 5 heteroatoms. The lowest BCUT2D eigenvalue weighted by Crippen LogP contribution is -2.29. The molecule has 2 rings (SSSR count). The third kappa shape index (κ3) is 2.60. The molecule has 1 aliphatic rings. The first kappa shape index (κ1) is 12.4.